The van der Waals surface area contributed by atoms with Gasteiger partial charge in [0, 0.05) is 26.7 Å². The summed E-state index contributed by atoms with van der Waals surface area (Å²) in [7, 11) is 3.01. The van der Waals surface area contributed by atoms with Gasteiger partial charge in [0.1, 0.15) is 11.7 Å². The molecular formula is C24H27F4N7O2. The van der Waals surface area contributed by atoms with Crippen LogP contribution in [0.4, 0.5) is 23.5 Å². The summed E-state index contributed by atoms with van der Waals surface area (Å²) in [6, 6.07) is 4.37. The van der Waals surface area contributed by atoms with Crippen molar-refractivity contribution in [2.45, 2.75) is 31.6 Å². The van der Waals surface area contributed by atoms with E-state index in [-0.39, 0.29) is 29.5 Å². The van der Waals surface area contributed by atoms with Gasteiger partial charge < -0.3 is 19.4 Å². The second-order valence-corrected chi connectivity index (χ2v) is 8.93. The van der Waals surface area contributed by atoms with E-state index in [2.05, 4.69) is 20.4 Å². The molecule has 0 amide bonds. The lowest BCUT2D eigenvalue weighted by molar-refractivity contribution is 0.0918. The number of alkyl halides is 3. The predicted molar refractivity (Wildman–Crippen MR) is 129 cm³/mol. The number of ether oxygens (including phenoxy) is 2. The van der Waals surface area contributed by atoms with Gasteiger partial charge in [-0.15, -0.1) is 5.10 Å². The number of imidazole rings is 1. The highest BCUT2D eigenvalue weighted by Crippen LogP contribution is 2.35. The van der Waals surface area contributed by atoms with Crippen molar-refractivity contribution in [3.05, 3.63) is 36.5 Å². The van der Waals surface area contributed by atoms with Crippen molar-refractivity contribution in [1.29, 1.82) is 0 Å². The molecule has 1 aliphatic rings. The number of hydrogen-bond acceptors (Lipinski definition) is 7. The van der Waals surface area contributed by atoms with E-state index in [1.807, 2.05) is 4.90 Å². The highest BCUT2D eigenvalue weighted by molar-refractivity contribution is 5.90. The lowest BCUT2D eigenvalue weighted by Crippen LogP contribution is -2.48. The van der Waals surface area contributed by atoms with Crippen molar-refractivity contribution in [3.63, 3.8) is 0 Å². The Hall–Kier alpha value is -3.45. The van der Waals surface area contributed by atoms with Crippen LogP contribution in [0.25, 0.3) is 27.7 Å². The van der Waals surface area contributed by atoms with Crippen LogP contribution in [-0.4, -0.2) is 88.1 Å². The minimum atomic E-state index is -2.56. The van der Waals surface area contributed by atoms with E-state index < -0.39 is 31.0 Å². The number of benzene rings is 1. The van der Waals surface area contributed by atoms with Gasteiger partial charge in [0.05, 0.1) is 55.4 Å². The van der Waals surface area contributed by atoms with Crippen molar-refractivity contribution in [1.82, 2.24) is 29.0 Å². The topological polar surface area (TPSA) is 81.7 Å². The van der Waals surface area contributed by atoms with E-state index in [1.54, 1.807) is 25.3 Å². The van der Waals surface area contributed by atoms with Gasteiger partial charge in [-0.05, 0) is 24.1 Å². The minimum Gasteiger partial charge on any atom is -0.479 e. The van der Waals surface area contributed by atoms with Crippen LogP contribution in [0.2, 0.25) is 0 Å². The van der Waals surface area contributed by atoms with Crippen molar-refractivity contribution < 1.29 is 27.0 Å². The summed E-state index contributed by atoms with van der Waals surface area (Å²) in [4.78, 5) is 10.5. The predicted octanol–water partition coefficient (Wildman–Crippen LogP) is 3.63. The molecule has 3 aromatic heterocycles. The van der Waals surface area contributed by atoms with Gasteiger partial charge in [-0.25, -0.2) is 27.1 Å². The van der Waals surface area contributed by atoms with Gasteiger partial charge in [-0.2, -0.15) is 4.98 Å². The van der Waals surface area contributed by atoms with Crippen LogP contribution in [0.5, 0.6) is 5.88 Å². The molecule has 0 bridgehead atoms. The molecule has 37 heavy (non-hydrogen) atoms. The zero-order valence-electron chi connectivity index (χ0n) is 20.4. The Morgan fingerprint density at radius 2 is 2.08 bits per heavy atom. The van der Waals surface area contributed by atoms with Gasteiger partial charge >= 0.3 is 0 Å². The van der Waals surface area contributed by atoms with Gasteiger partial charge in [0.15, 0.2) is 5.82 Å². The number of nitrogens with zero attached hydrogens (tertiary/aromatic N) is 6. The molecule has 0 radical (unpaired) electrons. The first-order valence-electron chi connectivity index (χ1n) is 11.9. The summed E-state index contributed by atoms with van der Waals surface area (Å²) in [5, 5.41) is 7.38. The molecule has 0 aliphatic carbocycles. The average molecular weight is 522 g/mol. The van der Waals surface area contributed by atoms with E-state index in [9.17, 15) is 13.2 Å². The average Bonchev–Trinajstić information content (AvgIpc) is 3.42. The first kappa shape index (κ1) is 25.2. The first-order chi connectivity index (χ1) is 17.9. The first-order valence-corrected chi connectivity index (χ1v) is 11.9. The fourth-order valence-electron chi connectivity index (χ4n) is 4.73. The molecule has 1 saturated heterocycles. The van der Waals surface area contributed by atoms with E-state index >= 15 is 4.39 Å². The van der Waals surface area contributed by atoms with Crippen LogP contribution in [0.15, 0.2) is 30.7 Å². The molecule has 4 aromatic rings. The molecule has 198 valence electrons. The lowest BCUT2D eigenvalue weighted by atomic mass is 10.0. The molecule has 1 aliphatic heterocycles. The number of hydrogen-bond donors (Lipinski definition) is 1. The third kappa shape index (κ3) is 5.05. The quantitative estimate of drug-likeness (QED) is 0.337. The van der Waals surface area contributed by atoms with Gasteiger partial charge in [-0.3, -0.25) is 4.90 Å². The van der Waals surface area contributed by atoms with Crippen molar-refractivity contribution in [2.75, 3.05) is 45.8 Å². The SMILES string of the molecule is COCCN1CC[C@H](Nc2nc(OC)c3c(-c4ccc5ncn(CC(F)F)c5c4)c(F)cn3n2)[C@@H](F)C1. The number of methoxy groups -OCH3 is 2. The lowest BCUT2D eigenvalue weighted by Gasteiger charge is -2.34. The largest absolute Gasteiger partial charge is 0.479 e. The Balaban J connectivity index is 1.46. The molecule has 4 heterocycles. The number of nitrogens with one attached hydrogen (secondary N) is 1. The zero-order valence-corrected chi connectivity index (χ0v) is 20.4. The number of fused-ring (bicyclic) bond motifs is 2. The number of aromatic nitrogens is 5. The third-order valence-corrected chi connectivity index (χ3v) is 6.54. The molecule has 0 saturated carbocycles. The van der Waals surface area contributed by atoms with E-state index in [0.29, 0.717) is 42.7 Å². The van der Waals surface area contributed by atoms with Crippen LogP contribution in [-0.2, 0) is 11.3 Å². The fourth-order valence-corrected chi connectivity index (χ4v) is 4.73. The maximum atomic E-state index is 15.3. The standard InChI is InChI=1S/C24H27F4N7O2/c1-36-8-7-33-6-5-17(15(25)10-33)30-24-31-23(37-2)22-21(16(26)11-35(22)32-24)14-3-4-18-19(9-14)34(13-29-18)12-20(27)28/h3-4,9,11,13,15,17,20H,5-8,10,12H2,1-2H3,(H,30,32)/t15-,17-/m0/s1. The van der Waals surface area contributed by atoms with E-state index in [0.717, 1.165) is 0 Å². The number of halogens is 4. The summed E-state index contributed by atoms with van der Waals surface area (Å²) in [6.07, 6.45) is -0.671. The van der Waals surface area contributed by atoms with Gasteiger partial charge in [-0.1, -0.05) is 6.07 Å². The Morgan fingerprint density at radius 1 is 1.24 bits per heavy atom. The van der Waals surface area contributed by atoms with Crippen LogP contribution >= 0.6 is 0 Å². The Labute approximate surface area is 210 Å². The molecule has 2 atom stereocenters. The summed E-state index contributed by atoms with van der Waals surface area (Å²) in [5.74, 6) is -0.404. The van der Waals surface area contributed by atoms with E-state index in [1.165, 1.54) is 28.7 Å². The molecule has 5 rings (SSSR count). The third-order valence-electron chi connectivity index (χ3n) is 6.54. The molecule has 0 spiro atoms. The van der Waals surface area contributed by atoms with Crippen molar-refractivity contribution in [2.24, 2.45) is 0 Å². The molecule has 13 heteroatoms. The summed E-state index contributed by atoms with van der Waals surface area (Å²) < 4.78 is 69.2. The Kier molecular flexibility index (Phi) is 7.15. The smallest absolute Gasteiger partial charge is 0.256 e. The summed E-state index contributed by atoms with van der Waals surface area (Å²) >= 11 is 0. The number of likely N-dealkylation sites (tertiary alicyclic amines) is 1. The van der Waals surface area contributed by atoms with E-state index in [4.69, 9.17) is 9.47 Å². The maximum absolute atomic E-state index is 15.3. The van der Waals surface area contributed by atoms with Crippen LogP contribution < -0.4 is 10.1 Å². The number of anilines is 1. The van der Waals surface area contributed by atoms with Crippen LogP contribution in [0.1, 0.15) is 6.42 Å². The zero-order chi connectivity index (χ0) is 26.1. The monoisotopic (exact) mass is 521 g/mol. The highest BCUT2D eigenvalue weighted by atomic mass is 19.3. The Bertz CT molecular complexity index is 1390. The molecule has 1 N–H and O–H groups in total. The van der Waals surface area contributed by atoms with Crippen LogP contribution in [0.3, 0.4) is 0 Å². The molecule has 1 aromatic carbocycles. The molecule has 9 nitrogen and oxygen atoms in total. The maximum Gasteiger partial charge on any atom is 0.256 e. The second kappa shape index (κ2) is 10.5. The van der Waals surface area contributed by atoms with Gasteiger partial charge in [0.2, 0.25) is 11.8 Å². The normalized spacial score (nSPS) is 18.8. The summed E-state index contributed by atoms with van der Waals surface area (Å²) in [5.41, 5.74) is 1.80. The number of rotatable bonds is 9. The minimum absolute atomic E-state index is 0.0884. The van der Waals surface area contributed by atoms with Crippen molar-refractivity contribution >= 4 is 22.5 Å². The highest BCUT2D eigenvalue weighted by Gasteiger charge is 2.30. The Morgan fingerprint density at radius 3 is 2.81 bits per heavy atom. The number of piperidine rings is 1. The molecular weight excluding hydrogens is 494 g/mol. The van der Waals surface area contributed by atoms with Crippen molar-refractivity contribution in [3.8, 4) is 17.0 Å². The summed E-state index contributed by atoms with van der Waals surface area (Å²) in [6.45, 7) is 1.60. The van der Waals surface area contributed by atoms with Gasteiger partial charge in [0.25, 0.3) is 6.43 Å². The van der Waals surface area contributed by atoms with Crippen LogP contribution in [0, 0.1) is 5.82 Å². The second-order valence-electron chi connectivity index (χ2n) is 8.93. The fraction of sp³-hybridized carbons (Fsp3) is 0.458. The molecule has 0 unspecified atom stereocenters. The molecule has 1 fully saturated rings.